The number of hydrogen-bond donors (Lipinski definition) is 0. The predicted molar refractivity (Wildman–Crippen MR) is 85.2 cm³/mol. The van der Waals surface area contributed by atoms with E-state index in [2.05, 4.69) is 18.9 Å². The molecule has 24 heavy (non-hydrogen) atoms. The summed E-state index contributed by atoms with van der Waals surface area (Å²) in [5, 5.41) is 2.83. The highest BCUT2D eigenvalue weighted by Gasteiger charge is 2.20. The molecule has 0 bridgehead atoms. The molecule has 0 N–H and O–H groups in total. The molecule has 9 nitrogen and oxygen atoms in total. The number of thioether (sulfide) groups is 1. The Kier molecular flexibility index (Phi) is 7.52. The first-order valence-corrected chi connectivity index (χ1v) is 8.67. The van der Waals surface area contributed by atoms with Crippen LogP contribution in [0, 0.1) is 0 Å². The van der Waals surface area contributed by atoms with Gasteiger partial charge >= 0.3 is 22.1 Å². The highest BCUT2D eigenvalue weighted by Crippen LogP contribution is 2.18. The normalized spacial score (nSPS) is 11.5. The molecule has 0 saturated heterocycles. The van der Waals surface area contributed by atoms with Crippen molar-refractivity contribution >= 4 is 38.9 Å². The van der Waals surface area contributed by atoms with Crippen LogP contribution in [0.1, 0.15) is 0 Å². The number of methoxy groups -OCH3 is 3. The van der Waals surface area contributed by atoms with Crippen molar-refractivity contribution in [2.75, 3.05) is 27.1 Å². The Morgan fingerprint density at radius 3 is 2.21 bits per heavy atom. The summed E-state index contributed by atoms with van der Waals surface area (Å²) in [5.41, 5.74) is 0. The first-order chi connectivity index (χ1) is 11.3. The topological polar surface area (TPSA) is 118 Å². The third-order valence-corrected chi connectivity index (χ3v) is 4.50. The largest absolute Gasteiger partial charge is 0.497 e. The molecule has 0 atom stereocenters. The molecule has 0 aliphatic heterocycles. The number of ether oxygens (including phenoxy) is 3. The second-order valence-corrected chi connectivity index (χ2v) is 6.45. The van der Waals surface area contributed by atoms with E-state index in [1.54, 1.807) is 0 Å². The molecule has 0 spiro atoms. The van der Waals surface area contributed by atoms with Crippen LogP contribution < -0.4 is 4.74 Å². The average molecular weight is 377 g/mol. The zero-order valence-corrected chi connectivity index (χ0v) is 14.7. The second-order valence-electron chi connectivity index (χ2n) is 3.96. The molecule has 0 amide bonds. The van der Waals surface area contributed by atoms with E-state index in [0.29, 0.717) is 17.5 Å². The van der Waals surface area contributed by atoms with Crippen LogP contribution in [0.25, 0.3) is 0 Å². The van der Waals surface area contributed by atoms with Crippen molar-refractivity contribution in [2.45, 2.75) is 4.90 Å². The van der Waals surface area contributed by atoms with Crippen LogP contribution in [0.5, 0.6) is 5.75 Å². The van der Waals surface area contributed by atoms with Gasteiger partial charge in [0, 0.05) is 0 Å². The van der Waals surface area contributed by atoms with Crippen LogP contribution in [-0.4, -0.2) is 52.5 Å². The lowest BCUT2D eigenvalue weighted by Crippen LogP contribution is -2.17. The predicted octanol–water partition coefficient (Wildman–Crippen LogP) is 0.793. The van der Waals surface area contributed by atoms with Crippen LogP contribution in [0.3, 0.4) is 0 Å². The monoisotopic (exact) mass is 377 g/mol. The minimum Gasteiger partial charge on any atom is -0.497 e. The van der Waals surface area contributed by atoms with E-state index >= 15 is 0 Å². The Morgan fingerprint density at radius 1 is 1.08 bits per heavy atom. The number of oxime groups is 1. The molecule has 0 heterocycles. The van der Waals surface area contributed by atoms with E-state index in [1.807, 2.05) is 0 Å². The lowest BCUT2D eigenvalue weighted by atomic mass is 10.3. The third-order valence-electron chi connectivity index (χ3n) is 2.48. The fourth-order valence-electron chi connectivity index (χ4n) is 1.26. The summed E-state index contributed by atoms with van der Waals surface area (Å²) in [5.74, 6) is -1.39. The SMILES string of the molecule is COC(=O)CS/C(=N\OS(=O)(=O)c1ccc(OC)cc1)C(=O)OC. The van der Waals surface area contributed by atoms with Crippen molar-refractivity contribution in [1.82, 2.24) is 0 Å². The smallest absolute Gasteiger partial charge is 0.366 e. The second kappa shape index (κ2) is 9.13. The van der Waals surface area contributed by atoms with E-state index in [0.717, 1.165) is 7.11 Å². The van der Waals surface area contributed by atoms with Gasteiger partial charge in [-0.15, -0.1) is 0 Å². The molecule has 1 aromatic carbocycles. The molecule has 0 aliphatic carbocycles. The van der Waals surface area contributed by atoms with E-state index in [-0.39, 0.29) is 10.6 Å². The Hall–Kier alpha value is -2.27. The highest BCUT2D eigenvalue weighted by molar-refractivity contribution is 8.16. The van der Waals surface area contributed by atoms with E-state index < -0.39 is 27.1 Å². The van der Waals surface area contributed by atoms with Crippen molar-refractivity contribution in [3.8, 4) is 5.75 Å². The first kappa shape index (κ1) is 19.8. The molecule has 132 valence electrons. The summed E-state index contributed by atoms with van der Waals surface area (Å²) >= 11 is 0.620. The number of carbonyl (C=O) groups is 2. The molecule has 0 fully saturated rings. The third kappa shape index (κ3) is 5.74. The van der Waals surface area contributed by atoms with Gasteiger partial charge in [0.2, 0.25) is 5.04 Å². The first-order valence-electron chi connectivity index (χ1n) is 6.27. The van der Waals surface area contributed by atoms with Gasteiger partial charge < -0.3 is 14.2 Å². The quantitative estimate of drug-likeness (QED) is 0.307. The van der Waals surface area contributed by atoms with Gasteiger partial charge in [0.25, 0.3) is 0 Å². The van der Waals surface area contributed by atoms with Crippen molar-refractivity contribution in [3.05, 3.63) is 24.3 Å². The molecule has 1 aromatic rings. The van der Waals surface area contributed by atoms with E-state index in [4.69, 9.17) is 4.74 Å². The Balaban J connectivity index is 2.92. The van der Waals surface area contributed by atoms with Crippen molar-refractivity contribution in [3.63, 3.8) is 0 Å². The van der Waals surface area contributed by atoms with Crippen LogP contribution in [0.2, 0.25) is 0 Å². The van der Waals surface area contributed by atoms with Gasteiger partial charge in [-0.05, 0) is 24.3 Å². The van der Waals surface area contributed by atoms with Crippen molar-refractivity contribution in [2.24, 2.45) is 5.16 Å². The lowest BCUT2D eigenvalue weighted by Gasteiger charge is -2.05. The maximum Gasteiger partial charge on any atom is 0.366 e. The van der Waals surface area contributed by atoms with Gasteiger partial charge in [0.05, 0.1) is 27.1 Å². The van der Waals surface area contributed by atoms with Gasteiger partial charge in [-0.25, -0.2) is 4.79 Å². The molecule has 0 radical (unpaired) electrons. The molecular formula is C13H15NO8S2. The van der Waals surface area contributed by atoms with Crippen LogP contribution in [-0.2, 0) is 33.5 Å². The standard InChI is InChI=1S/C13H15NO8S2/c1-19-9-4-6-10(7-5-9)24(17,18)22-14-12(13(16)21-3)23-8-11(15)20-2/h4-7H,8H2,1-3H3/b14-12-. The number of benzene rings is 1. The summed E-state index contributed by atoms with van der Waals surface area (Å²) in [6, 6.07) is 5.35. The average Bonchev–Trinajstić information content (AvgIpc) is 2.60. The molecular weight excluding hydrogens is 362 g/mol. The van der Waals surface area contributed by atoms with E-state index in [9.17, 15) is 18.0 Å². The summed E-state index contributed by atoms with van der Waals surface area (Å²) in [6.45, 7) is 0. The van der Waals surface area contributed by atoms with Gasteiger partial charge in [0.1, 0.15) is 10.6 Å². The summed E-state index contributed by atoms with van der Waals surface area (Å²) < 4.78 is 42.3. The lowest BCUT2D eigenvalue weighted by molar-refractivity contribution is -0.137. The molecule has 0 aromatic heterocycles. The minimum atomic E-state index is -4.25. The zero-order chi connectivity index (χ0) is 18.2. The van der Waals surface area contributed by atoms with Gasteiger partial charge in [-0.2, -0.15) is 8.42 Å². The van der Waals surface area contributed by atoms with Gasteiger partial charge in [0.15, 0.2) is 0 Å². The number of rotatable bonds is 6. The Bertz CT molecular complexity index is 712. The van der Waals surface area contributed by atoms with Crippen molar-refractivity contribution in [1.29, 1.82) is 0 Å². The van der Waals surface area contributed by atoms with Crippen molar-refractivity contribution < 1.29 is 36.5 Å². The van der Waals surface area contributed by atoms with Crippen LogP contribution >= 0.6 is 11.8 Å². The molecule has 11 heteroatoms. The zero-order valence-electron chi connectivity index (χ0n) is 13.0. The van der Waals surface area contributed by atoms with Gasteiger partial charge in [-0.1, -0.05) is 16.9 Å². The summed E-state index contributed by atoms with van der Waals surface area (Å²) in [4.78, 5) is 22.4. The van der Waals surface area contributed by atoms with E-state index in [1.165, 1.54) is 38.5 Å². The maximum absolute atomic E-state index is 12.0. The Morgan fingerprint density at radius 2 is 1.71 bits per heavy atom. The molecule has 1 rings (SSSR count). The number of esters is 2. The maximum atomic E-state index is 12.0. The fourth-order valence-corrected chi connectivity index (χ4v) is 2.70. The Labute approximate surface area is 143 Å². The molecule has 0 saturated carbocycles. The fraction of sp³-hybridized carbons (Fsp3) is 0.308. The summed E-state index contributed by atoms with van der Waals surface area (Å²) in [6.07, 6.45) is 0. The summed E-state index contributed by atoms with van der Waals surface area (Å²) in [7, 11) is -0.564. The van der Waals surface area contributed by atoms with Crippen LogP contribution in [0.15, 0.2) is 34.3 Å². The van der Waals surface area contributed by atoms with Gasteiger partial charge in [-0.3, -0.25) is 9.08 Å². The highest BCUT2D eigenvalue weighted by atomic mass is 32.2. The number of carbonyl (C=O) groups excluding carboxylic acids is 2. The van der Waals surface area contributed by atoms with Crippen LogP contribution in [0.4, 0.5) is 0 Å². The number of nitrogens with zero attached hydrogens (tertiary/aromatic N) is 1. The molecule has 0 aliphatic rings. The molecule has 0 unspecified atom stereocenters. The minimum absolute atomic E-state index is 0.186. The number of hydrogen-bond acceptors (Lipinski definition) is 10.